The van der Waals surface area contributed by atoms with Gasteiger partial charge in [0.05, 0.1) is 5.69 Å². The van der Waals surface area contributed by atoms with Crippen LogP contribution in [0.3, 0.4) is 0 Å². The molecule has 0 aliphatic rings. The number of hydrogen-bond acceptors (Lipinski definition) is 3. The summed E-state index contributed by atoms with van der Waals surface area (Å²) in [6.45, 7) is 0. The van der Waals surface area contributed by atoms with Crippen LogP contribution in [0.25, 0.3) is 10.9 Å². The first-order valence-electron chi connectivity index (χ1n) is 6.02. The van der Waals surface area contributed by atoms with Crippen LogP contribution in [0, 0.1) is 0 Å². The molecular formula is C15H10ClN3O. The molecule has 0 radical (unpaired) electrons. The topological polar surface area (TPSA) is 57.6 Å². The molecule has 1 aromatic heterocycles. The number of nitrogens with zero attached hydrogens (tertiary/aromatic N) is 2. The molecule has 1 heterocycles. The van der Waals surface area contributed by atoms with E-state index in [0.717, 1.165) is 16.6 Å². The lowest BCUT2D eigenvalue weighted by molar-refractivity contribution is 0.108. The fourth-order valence-corrected chi connectivity index (χ4v) is 2.04. The van der Waals surface area contributed by atoms with Gasteiger partial charge in [-0.1, -0.05) is 18.2 Å². The minimum atomic E-state index is -0.481. The van der Waals surface area contributed by atoms with Gasteiger partial charge in [0.1, 0.15) is 5.69 Å². The fourth-order valence-electron chi connectivity index (χ4n) is 1.91. The third-order valence-electron chi connectivity index (χ3n) is 2.93. The molecule has 2 aromatic carbocycles. The van der Waals surface area contributed by atoms with Crippen LogP contribution in [-0.2, 0) is 0 Å². The highest BCUT2D eigenvalue weighted by Crippen LogP contribution is 2.27. The SMILES string of the molecule is O=C(Cl)c1ccc(N=Nc2c[nH]c3ccccc23)cc1. The molecule has 5 heteroatoms. The number of carbonyl (C=O) groups is 1. The average molecular weight is 284 g/mol. The number of fused-ring (bicyclic) bond motifs is 1. The molecule has 0 saturated carbocycles. The molecule has 0 unspecified atom stereocenters. The minimum Gasteiger partial charge on any atom is -0.359 e. The van der Waals surface area contributed by atoms with Crippen LogP contribution in [0.15, 0.2) is 65.0 Å². The molecule has 0 aliphatic carbocycles. The zero-order chi connectivity index (χ0) is 13.9. The predicted octanol–water partition coefficient (Wildman–Crippen LogP) is 4.96. The lowest BCUT2D eigenvalue weighted by Gasteiger charge is -1.94. The monoisotopic (exact) mass is 283 g/mol. The van der Waals surface area contributed by atoms with E-state index in [1.807, 2.05) is 30.5 Å². The van der Waals surface area contributed by atoms with Gasteiger partial charge < -0.3 is 4.98 Å². The second-order valence-electron chi connectivity index (χ2n) is 4.24. The van der Waals surface area contributed by atoms with E-state index in [1.54, 1.807) is 24.3 Å². The van der Waals surface area contributed by atoms with Gasteiger partial charge in [-0.15, -0.1) is 5.11 Å². The van der Waals surface area contributed by atoms with Crippen molar-refractivity contribution in [1.82, 2.24) is 4.98 Å². The Labute approximate surface area is 120 Å². The number of para-hydroxylation sites is 1. The minimum absolute atomic E-state index is 0.442. The number of azo groups is 1. The summed E-state index contributed by atoms with van der Waals surface area (Å²) >= 11 is 5.38. The predicted molar refractivity (Wildman–Crippen MR) is 79.1 cm³/mol. The molecule has 20 heavy (non-hydrogen) atoms. The van der Waals surface area contributed by atoms with E-state index in [0.29, 0.717) is 11.3 Å². The van der Waals surface area contributed by atoms with Gasteiger partial charge in [0.2, 0.25) is 0 Å². The summed E-state index contributed by atoms with van der Waals surface area (Å²) in [5, 5.41) is 8.90. The summed E-state index contributed by atoms with van der Waals surface area (Å²) in [7, 11) is 0. The maximum Gasteiger partial charge on any atom is 0.252 e. The van der Waals surface area contributed by atoms with Crippen molar-refractivity contribution in [3.8, 4) is 0 Å². The van der Waals surface area contributed by atoms with Gasteiger partial charge in [-0.3, -0.25) is 4.79 Å². The second kappa shape index (κ2) is 5.27. The third kappa shape index (κ3) is 2.46. The van der Waals surface area contributed by atoms with Gasteiger partial charge >= 0.3 is 0 Å². The normalized spacial score (nSPS) is 11.2. The Kier molecular flexibility index (Phi) is 3.31. The molecule has 0 spiro atoms. The molecule has 98 valence electrons. The Bertz CT molecular complexity index is 790. The van der Waals surface area contributed by atoms with Crippen molar-refractivity contribution in [2.24, 2.45) is 10.2 Å². The first-order valence-corrected chi connectivity index (χ1v) is 6.39. The van der Waals surface area contributed by atoms with Crippen LogP contribution in [0.1, 0.15) is 10.4 Å². The molecular weight excluding hydrogens is 274 g/mol. The van der Waals surface area contributed by atoms with Gasteiger partial charge in [0.15, 0.2) is 0 Å². The lowest BCUT2D eigenvalue weighted by atomic mass is 10.2. The Morgan fingerprint density at radius 3 is 2.50 bits per heavy atom. The van der Waals surface area contributed by atoms with E-state index in [4.69, 9.17) is 11.6 Å². The van der Waals surface area contributed by atoms with E-state index in [-0.39, 0.29) is 0 Å². The van der Waals surface area contributed by atoms with Gasteiger partial charge in [-0.2, -0.15) is 5.11 Å². The number of aromatic nitrogens is 1. The Balaban J connectivity index is 1.88. The average Bonchev–Trinajstić information content (AvgIpc) is 2.89. The second-order valence-corrected chi connectivity index (χ2v) is 4.58. The zero-order valence-corrected chi connectivity index (χ0v) is 11.1. The van der Waals surface area contributed by atoms with E-state index in [2.05, 4.69) is 15.2 Å². The summed E-state index contributed by atoms with van der Waals surface area (Å²) in [4.78, 5) is 14.1. The number of hydrogen-bond donors (Lipinski definition) is 1. The van der Waals surface area contributed by atoms with Crippen LogP contribution in [-0.4, -0.2) is 10.2 Å². The van der Waals surface area contributed by atoms with E-state index < -0.39 is 5.24 Å². The highest BCUT2D eigenvalue weighted by atomic mass is 35.5. The Morgan fingerprint density at radius 1 is 1.00 bits per heavy atom. The van der Waals surface area contributed by atoms with Crippen molar-refractivity contribution in [3.63, 3.8) is 0 Å². The number of benzene rings is 2. The number of aromatic amines is 1. The number of H-pyrrole nitrogens is 1. The van der Waals surface area contributed by atoms with Gasteiger partial charge in [-0.05, 0) is 41.9 Å². The molecule has 1 N–H and O–H groups in total. The van der Waals surface area contributed by atoms with Gasteiger partial charge in [-0.25, -0.2) is 0 Å². The van der Waals surface area contributed by atoms with E-state index in [9.17, 15) is 4.79 Å². The highest BCUT2D eigenvalue weighted by molar-refractivity contribution is 6.67. The van der Waals surface area contributed by atoms with Crippen LogP contribution >= 0.6 is 11.6 Å². The van der Waals surface area contributed by atoms with Gasteiger partial charge in [0, 0.05) is 22.7 Å². The highest BCUT2D eigenvalue weighted by Gasteiger charge is 2.02. The Hall–Kier alpha value is -2.46. The summed E-state index contributed by atoms with van der Waals surface area (Å²) < 4.78 is 0. The molecule has 0 bridgehead atoms. The number of carbonyl (C=O) groups excluding carboxylic acids is 1. The Morgan fingerprint density at radius 2 is 1.75 bits per heavy atom. The van der Waals surface area contributed by atoms with E-state index in [1.165, 1.54) is 0 Å². The quantitative estimate of drug-likeness (QED) is 0.536. The first kappa shape index (κ1) is 12.6. The zero-order valence-electron chi connectivity index (χ0n) is 10.4. The standard InChI is InChI=1S/C15H10ClN3O/c16-15(20)10-5-7-11(8-6-10)18-19-14-9-17-13-4-2-1-3-12(13)14/h1-9,17H. The van der Waals surface area contributed by atoms with Gasteiger partial charge in [0.25, 0.3) is 5.24 Å². The van der Waals surface area contributed by atoms with Crippen molar-refractivity contribution in [3.05, 3.63) is 60.3 Å². The van der Waals surface area contributed by atoms with Crippen LogP contribution in [0.5, 0.6) is 0 Å². The molecule has 0 aliphatic heterocycles. The van der Waals surface area contributed by atoms with Crippen molar-refractivity contribution in [1.29, 1.82) is 0 Å². The van der Waals surface area contributed by atoms with Crippen molar-refractivity contribution in [2.45, 2.75) is 0 Å². The summed E-state index contributed by atoms with van der Waals surface area (Å²) in [6, 6.07) is 14.5. The maximum absolute atomic E-state index is 11.0. The van der Waals surface area contributed by atoms with Crippen LogP contribution in [0.4, 0.5) is 11.4 Å². The van der Waals surface area contributed by atoms with Crippen molar-refractivity contribution in [2.75, 3.05) is 0 Å². The number of nitrogens with one attached hydrogen (secondary N) is 1. The van der Waals surface area contributed by atoms with Crippen molar-refractivity contribution < 1.29 is 4.79 Å². The van der Waals surface area contributed by atoms with E-state index >= 15 is 0 Å². The van der Waals surface area contributed by atoms with Crippen molar-refractivity contribution >= 4 is 39.1 Å². The molecule has 0 atom stereocenters. The lowest BCUT2D eigenvalue weighted by Crippen LogP contribution is -1.85. The third-order valence-corrected chi connectivity index (χ3v) is 3.15. The largest absolute Gasteiger partial charge is 0.359 e. The molecule has 3 rings (SSSR count). The molecule has 0 amide bonds. The molecule has 0 fully saturated rings. The summed E-state index contributed by atoms with van der Waals surface area (Å²) in [5.41, 5.74) is 2.90. The summed E-state index contributed by atoms with van der Waals surface area (Å²) in [5.74, 6) is 0. The van der Waals surface area contributed by atoms with Crippen LogP contribution in [0.2, 0.25) is 0 Å². The molecule has 4 nitrogen and oxygen atoms in total. The summed E-state index contributed by atoms with van der Waals surface area (Å²) in [6.07, 6.45) is 1.81. The maximum atomic E-state index is 11.0. The molecule has 0 saturated heterocycles. The fraction of sp³-hybridized carbons (Fsp3) is 0. The van der Waals surface area contributed by atoms with Crippen LogP contribution < -0.4 is 0 Å². The smallest absolute Gasteiger partial charge is 0.252 e. The molecule has 3 aromatic rings. The number of rotatable bonds is 3. The first-order chi connectivity index (χ1) is 9.74. The number of halogens is 1.